The average Bonchev–Trinajstić information content (AvgIpc) is 2.64. The molecule has 7 heteroatoms. The third-order valence-electron chi connectivity index (χ3n) is 3.67. The number of carbonyl (C=O) groups excluding carboxylic acids is 1. The highest BCUT2D eigenvalue weighted by Crippen LogP contribution is 2.18. The van der Waals surface area contributed by atoms with Gasteiger partial charge in [-0.1, -0.05) is 0 Å². The Bertz CT molecular complexity index is 957. The van der Waals surface area contributed by atoms with E-state index in [1.54, 1.807) is 49.4 Å². The molecule has 3 rings (SSSR count). The van der Waals surface area contributed by atoms with E-state index in [1.807, 2.05) is 13.8 Å². The van der Waals surface area contributed by atoms with Gasteiger partial charge in [0.25, 0.3) is 5.91 Å². The molecule has 0 aliphatic heterocycles. The fourth-order valence-corrected chi connectivity index (χ4v) is 2.49. The molecule has 0 saturated heterocycles. The molecule has 2 aromatic carbocycles. The summed E-state index contributed by atoms with van der Waals surface area (Å²) in [4.78, 5) is 21.1. The van der Waals surface area contributed by atoms with Crippen molar-refractivity contribution >= 4 is 23.2 Å². The van der Waals surface area contributed by atoms with Crippen molar-refractivity contribution in [3.8, 4) is 5.75 Å². The summed E-state index contributed by atoms with van der Waals surface area (Å²) in [6, 6.07) is 14.5. The Morgan fingerprint density at radius 3 is 2.29 bits per heavy atom. The molecule has 28 heavy (non-hydrogen) atoms. The zero-order valence-electron chi connectivity index (χ0n) is 15.9. The highest BCUT2D eigenvalue weighted by molar-refractivity contribution is 6.03. The van der Waals surface area contributed by atoms with Crippen molar-refractivity contribution in [1.29, 1.82) is 0 Å². The number of nitrogens with one attached hydrogen (secondary N) is 2. The average molecular weight is 380 g/mol. The van der Waals surface area contributed by atoms with E-state index in [0.717, 1.165) is 5.75 Å². The van der Waals surface area contributed by atoms with Gasteiger partial charge in [-0.15, -0.1) is 0 Å². The van der Waals surface area contributed by atoms with Gasteiger partial charge in [0.2, 0.25) is 5.95 Å². The number of aromatic nitrogens is 2. The first kappa shape index (κ1) is 19.3. The smallest absolute Gasteiger partial charge is 0.274 e. The van der Waals surface area contributed by atoms with Gasteiger partial charge in [0.15, 0.2) is 0 Å². The Morgan fingerprint density at radius 1 is 1.00 bits per heavy atom. The van der Waals surface area contributed by atoms with Gasteiger partial charge in [0, 0.05) is 17.1 Å². The summed E-state index contributed by atoms with van der Waals surface area (Å²) in [6.45, 7) is 5.67. The van der Waals surface area contributed by atoms with Crippen molar-refractivity contribution in [2.75, 3.05) is 10.6 Å². The van der Waals surface area contributed by atoms with E-state index in [2.05, 4.69) is 20.6 Å². The van der Waals surface area contributed by atoms with Gasteiger partial charge in [-0.2, -0.15) is 0 Å². The van der Waals surface area contributed by atoms with E-state index in [0.29, 0.717) is 17.1 Å². The van der Waals surface area contributed by atoms with Crippen LogP contribution < -0.4 is 15.4 Å². The first-order valence-electron chi connectivity index (χ1n) is 8.85. The standard InChI is InChI=1S/C21H21FN4O2/c1-13(2)28-18-10-8-16(9-11-18)24-20(27)19-12-14(3)23-21(26-19)25-17-6-4-15(22)5-7-17/h4-13H,1-3H3,(H,24,27)(H,23,25,26). The maximum absolute atomic E-state index is 13.0. The van der Waals surface area contributed by atoms with Crippen LogP contribution in [0.15, 0.2) is 54.6 Å². The number of carbonyl (C=O) groups is 1. The van der Waals surface area contributed by atoms with Crippen LogP contribution in [0.25, 0.3) is 0 Å². The first-order valence-corrected chi connectivity index (χ1v) is 8.85. The number of ether oxygens (including phenoxy) is 1. The number of benzene rings is 2. The molecule has 0 spiro atoms. The number of anilines is 3. The molecule has 0 unspecified atom stereocenters. The van der Waals surface area contributed by atoms with Crippen LogP contribution in [-0.2, 0) is 0 Å². The lowest BCUT2D eigenvalue weighted by Crippen LogP contribution is -2.15. The van der Waals surface area contributed by atoms with Crippen molar-refractivity contribution in [3.63, 3.8) is 0 Å². The molecule has 1 amide bonds. The lowest BCUT2D eigenvalue weighted by molar-refractivity contribution is 0.102. The Hall–Kier alpha value is -3.48. The molecule has 0 radical (unpaired) electrons. The third-order valence-corrected chi connectivity index (χ3v) is 3.67. The zero-order valence-corrected chi connectivity index (χ0v) is 15.9. The van der Waals surface area contributed by atoms with Gasteiger partial charge in [-0.05, 0) is 75.4 Å². The molecule has 3 aromatic rings. The lowest BCUT2D eigenvalue weighted by atomic mass is 10.2. The molecular formula is C21H21FN4O2. The maximum atomic E-state index is 13.0. The quantitative estimate of drug-likeness (QED) is 0.648. The Kier molecular flexibility index (Phi) is 5.84. The number of rotatable bonds is 6. The van der Waals surface area contributed by atoms with E-state index < -0.39 is 0 Å². The van der Waals surface area contributed by atoms with E-state index in [4.69, 9.17) is 4.74 Å². The lowest BCUT2D eigenvalue weighted by Gasteiger charge is -2.11. The Morgan fingerprint density at radius 2 is 1.64 bits per heavy atom. The number of halogens is 1. The topological polar surface area (TPSA) is 76.1 Å². The SMILES string of the molecule is Cc1cc(C(=O)Nc2ccc(OC(C)C)cc2)nc(Nc2ccc(F)cc2)n1. The molecule has 1 heterocycles. The van der Waals surface area contributed by atoms with Crippen molar-refractivity contribution in [3.05, 3.63) is 71.8 Å². The molecule has 144 valence electrons. The van der Waals surface area contributed by atoms with E-state index in [1.165, 1.54) is 12.1 Å². The fourth-order valence-electron chi connectivity index (χ4n) is 2.49. The van der Waals surface area contributed by atoms with Crippen molar-refractivity contribution in [2.24, 2.45) is 0 Å². The van der Waals surface area contributed by atoms with Crippen molar-refractivity contribution < 1.29 is 13.9 Å². The van der Waals surface area contributed by atoms with Gasteiger partial charge >= 0.3 is 0 Å². The minimum absolute atomic E-state index is 0.0801. The monoisotopic (exact) mass is 380 g/mol. The van der Waals surface area contributed by atoms with Crippen molar-refractivity contribution in [1.82, 2.24) is 9.97 Å². The number of nitrogens with zero attached hydrogens (tertiary/aromatic N) is 2. The number of hydrogen-bond donors (Lipinski definition) is 2. The predicted molar refractivity (Wildman–Crippen MR) is 107 cm³/mol. The molecule has 2 N–H and O–H groups in total. The van der Waals surface area contributed by atoms with Gasteiger partial charge in [0.05, 0.1) is 6.10 Å². The zero-order chi connectivity index (χ0) is 20.1. The summed E-state index contributed by atoms with van der Waals surface area (Å²) in [6.07, 6.45) is 0.0801. The van der Waals surface area contributed by atoms with Gasteiger partial charge < -0.3 is 15.4 Å². The van der Waals surface area contributed by atoms with Crippen LogP contribution in [0.2, 0.25) is 0 Å². The van der Waals surface area contributed by atoms with Gasteiger partial charge in [0.1, 0.15) is 17.3 Å². The molecule has 0 atom stereocenters. The van der Waals surface area contributed by atoms with Crippen molar-refractivity contribution in [2.45, 2.75) is 26.9 Å². The summed E-state index contributed by atoms with van der Waals surface area (Å²) in [7, 11) is 0. The minimum Gasteiger partial charge on any atom is -0.491 e. The summed E-state index contributed by atoms with van der Waals surface area (Å²) >= 11 is 0. The van der Waals surface area contributed by atoms with Crippen LogP contribution in [0, 0.1) is 12.7 Å². The van der Waals surface area contributed by atoms with Gasteiger partial charge in [-0.3, -0.25) is 4.79 Å². The summed E-state index contributed by atoms with van der Waals surface area (Å²) < 4.78 is 18.6. The van der Waals surface area contributed by atoms with Crippen LogP contribution in [0.1, 0.15) is 30.0 Å². The fraction of sp³-hybridized carbons (Fsp3) is 0.190. The number of aryl methyl sites for hydroxylation is 1. The second kappa shape index (κ2) is 8.47. The van der Waals surface area contributed by atoms with Crippen LogP contribution in [-0.4, -0.2) is 22.0 Å². The predicted octanol–water partition coefficient (Wildman–Crippen LogP) is 4.71. The highest BCUT2D eigenvalue weighted by atomic mass is 19.1. The number of hydrogen-bond acceptors (Lipinski definition) is 5. The maximum Gasteiger partial charge on any atom is 0.274 e. The van der Waals surface area contributed by atoms with Crippen LogP contribution >= 0.6 is 0 Å². The summed E-state index contributed by atoms with van der Waals surface area (Å²) in [5, 5.41) is 5.77. The minimum atomic E-state index is -0.356. The molecule has 1 aromatic heterocycles. The first-order chi connectivity index (χ1) is 13.4. The second-order valence-electron chi connectivity index (χ2n) is 6.50. The van der Waals surface area contributed by atoms with Crippen LogP contribution in [0.5, 0.6) is 5.75 Å². The molecule has 0 saturated carbocycles. The third kappa shape index (κ3) is 5.26. The van der Waals surface area contributed by atoms with E-state index in [-0.39, 0.29) is 29.5 Å². The normalized spacial score (nSPS) is 10.6. The van der Waals surface area contributed by atoms with E-state index >= 15 is 0 Å². The molecule has 0 aliphatic carbocycles. The van der Waals surface area contributed by atoms with Crippen LogP contribution in [0.4, 0.5) is 21.7 Å². The molecular weight excluding hydrogens is 359 g/mol. The van der Waals surface area contributed by atoms with Gasteiger partial charge in [-0.25, -0.2) is 14.4 Å². The highest BCUT2D eigenvalue weighted by Gasteiger charge is 2.12. The molecule has 0 aliphatic rings. The summed E-state index contributed by atoms with van der Waals surface area (Å²) in [5.74, 6) is 0.305. The van der Waals surface area contributed by atoms with Crippen LogP contribution in [0.3, 0.4) is 0 Å². The second-order valence-corrected chi connectivity index (χ2v) is 6.50. The largest absolute Gasteiger partial charge is 0.491 e. The molecule has 0 fully saturated rings. The molecule has 0 bridgehead atoms. The Balaban J connectivity index is 1.72. The molecule has 6 nitrogen and oxygen atoms in total. The summed E-state index contributed by atoms with van der Waals surface area (Å²) in [5.41, 5.74) is 2.11. The van der Waals surface area contributed by atoms with E-state index in [9.17, 15) is 9.18 Å². The Labute approximate surface area is 162 Å². The number of amides is 1.